The molecule has 0 amide bonds. The lowest BCUT2D eigenvalue weighted by Crippen LogP contribution is -2.18. The summed E-state index contributed by atoms with van der Waals surface area (Å²) in [7, 11) is -4.10. The predicted molar refractivity (Wildman–Crippen MR) is 116 cm³/mol. The van der Waals surface area contributed by atoms with E-state index in [-0.39, 0.29) is 17.1 Å². The van der Waals surface area contributed by atoms with Gasteiger partial charge in [-0.3, -0.25) is 0 Å². The second kappa shape index (κ2) is 10.8. The first-order valence-corrected chi connectivity index (χ1v) is 11.3. The van der Waals surface area contributed by atoms with E-state index >= 15 is 0 Å². The van der Waals surface area contributed by atoms with E-state index in [9.17, 15) is 13.2 Å². The molecule has 2 rings (SSSR count). The van der Waals surface area contributed by atoms with Gasteiger partial charge in [-0.25, -0.2) is 18.4 Å². The fourth-order valence-corrected chi connectivity index (χ4v) is 3.42. The lowest BCUT2D eigenvalue weighted by molar-refractivity contribution is 0.0499. The molecule has 0 spiro atoms. The van der Waals surface area contributed by atoms with E-state index in [2.05, 4.69) is 17.6 Å². The Balaban J connectivity index is 2.51. The Bertz CT molecular complexity index is 915. The summed E-state index contributed by atoms with van der Waals surface area (Å²) < 4.78 is 29.9. The summed E-state index contributed by atoms with van der Waals surface area (Å²) in [6.45, 7) is 4.95. The van der Waals surface area contributed by atoms with Crippen LogP contribution in [-0.4, -0.2) is 27.5 Å². The smallest absolute Gasteiger partial charge is 0.338 e. The van der Waals surface area contributed by atoms with E-state index in [0.717, 1.165) is 25.7 Å². The van der Waals surface area contributed by atoms with Crippen LogP contribution in [-0.2, 0) is 14.8 Å². The first-order valence-electron chi connectivity index (χ1n) is 9.80. The molecule has 2 aromatic carbocycles. The maximum Gasteiger partial charge on any atom is 0.338 e. The van der Waals surface area contributed by atoms with Crippen LogP contribution >= 0.6 is 0 Å². The van der Waals surface area contributed by atoms with Crippen LogP contribution in [0.4, 0.5) is 17.1 Å². The van der Waals surface area contributed by atoms with Crippen LogP contribution in [0.2, 0.25) is 0 Å². The number of carbonyl (C=O) groups is 1. The number of benzene rings is 2. The van der Waals surface area contributed by atoms with Crippen molar-refractivity contribution in [1.29, 1.82) is 0 Å². The molecule has 0 saturated heterocycles. The molecule has 0 aliphatic heterocycles. The summed E-state index contributed by atoms with van der Waals surface area (Å²) in [5, 5.41) is 11.8. The van der Waals surface area contributed by atoms with Gasteiger partial charge in [-0.2, -0.15) is 0 Å². The van der Waals surface area contributed by atoms with Crippen molar-refractivity contribution >= 4 is 33.1 Å². The monoisotopic (exact) mass is 419 g/mol. The van der Waals surface area contributed by atoms with E-state index in [4.69, 9.17) is 9.88 Å². The van der Waals surface area contributed by atoms with Crippen molar-refractivity contribution in [2.75, 3.05) is 23.8 Å². The lowest BCUT2D eigenvalue weighted by atomic mass is 10.1. The minimum Gasteiger partial charge on any atom is -0.462 e. The maximum absolute atomic E-state index is 12.4. The molecule has 0 unspecified atom stereocenters. The number of ether oxygens (including phenoxy) is 1. The highest BCUT2D eigenvalue weighted by molar-refractivity contribution is 7.89. The third-order valence-corrected chi connectivity index (χ3v) is 5.20. The molecular formula is C21H29N3O4S. The number of rotatable bonds is 11. The van der Waals surface area contributed by atoms with Gasteiger partial charge in [0.05, 0.1) is 23.5 Å². The molecule has 0 heterocycles. The average molecular weight is 420 g/mol. The number of para-hydroxylation sites is 1. The Morgan fingerprint density at radius 3 is 2.38 bits per heavy atom. The quantitative estimate of drug-likeness (QED) is 0.371. The molecule has 0 aliphatic rings. The number of anilines is 3. The van der Waals surface area contributed by atoms with Crippen LogP contribution in [0.25, 0.3) is 0 Å². The third-order valence-electron chi connectivity index (χ3n) is 4.26. The van der Waals surface area contributed by atoms with Crippen molar-refractivity contribution < 1.29 is 17.9 Å². The maximum atomic E-state index is 12.4. The Morgan fingerprint density at radius 2 is 1.76 bits per heavy atom. The van der Waals surface area contributed by atoms with Crippen LogP contribution in [0.3, 0.4) is 0 Å². The van der Waals surface area contributed by atoms with Gasteiger partial charge >= 0.3 is 5.97 Å². The van der Waals surface area contributed by atoms with E-state index < -0.39 is 16.0 Å². The van der Waals surface area contributed by atoms with Gasteiger partial charge in [0.25, 0.3) is 0 Å². The molecule has 158 valence electrons. The van der Waals surface area contributed by atoms with Crippen molar-refractivity contribution in [2.24, 2.45) is 5.14 Å². The summed E-state index contributed by atoms with van der Waals surface area (Å²) in [6, 6.07) is 12.0. The van der Waals surface area contributed by atoms with E-state index in [1.807, 2.05) is 37.3 Å². The fourth-order valence-electron chi connectivity index (χ4n) is 2.68. The van der Waals surface area contributed by atoms with Crippen LogP contribution < -0.4 is 15.8 Å². The Morgan fingerprint density at radius 1 is 1.07 bits per heavy atom. The van der Waals surface area contributed by atoms with Crippen LogP contribution in [0.1, 0.15) is 49.9 Å². The topological polar surface area (TPSA) is 111 Å². The van der Waals surface area contributed by atoms with Gasteiger partial charge in [0.2, 0.25) is 10.0 Å². The number of hydrogen-bond acceptors (Lipinski definition) is 6. The summed E-state index contributed by atoms with van der Waals surface area (Å²) in [4.78, 5) is 12.3. The standard InChI is InChI=1S/C21H29N3O4S/c1-3-5-12-23-18-14-16(21(25)28-13-6-4-2)15-19(29(22,26)27)20(18)24-17-10-8-7-9-11-17/h7-11,14-15,23-24H,3-6,12-13H2,1-2H3,(H2,22,26,27). The zero-order valence-corrected chi connectivity index (χ0v) is 17.7. The molecule has 0 atom stereocenters. The molecule has 0 saturated carbocycles. The van der Waals surface area contributed by atoms with Crippen molar-refractivity contribution in [2.45, 2.75) is 44.4 Å². The van der Waals surface area contributed by atoms with E-state index in [0.29, 0.717) is 23.6 Å². The zero-order valence-electron chi connectivity index (χ0n) is 16.9. The summed E-state index contributed by atoms with van der Waals surface area (Å²) >= 11 is 0. The SMILES string of the molecule is CCCCNc1cc(C(=O)OCCCC)cc(S(N)(=O)=O)c1Nc1ccccc1. The first kappa shape index (κ1) is 22.7. The number of unbranched alkanes of at least 4 members (excludes halogenated alkanes) is 2. The second-order valence-corrected chi connectivity index (χ2v) is 8.23. The highest BCUT2D eigenvalue weighted by atomic mass is 32.2. The molecule has 8 heteroatoms. The number of nitrogens with one attached hydrogen (secondary N) is 2. The molecule has 0 fully saturated rings. The number of hydrogen-bond donors (Lipinski definition) is 3. The Hall–Kier alpha value is -2.58. The van der Waals surface area contributed by atoms with Crippen LogP contribution in [0.5, 0.6) is 0 Å². The molecule has 4 N–H and O–H groups in total. The minimum atomic E-state index is -4.10. The molecular weight excluding hydrogens is 390 g/mol. The van der Waals surface area contributed by atoms with Gasteiger partial charge in [0.15, 0.2) is 0 Å². The van der Waals surface area contributed by atoms with Crippen molar-refractivity contribution in [3.8, 4) is 0 Å². The van der Waals surface area contributed by atoms with Crippen molar-refractivity contribution in [1.82, 2.24) is 0 Å². The number of esters is 1. The normalized spacial score (nSPS) is 11.1. The molecule has 0 aliphatic carbocycles. The molecule has 29 heavy (non-hydrogen) atoms. The minimum absolute atomic E-state index is 0.141. The van der Waals surface area contributed by atoms with Gasteiger partial charge in [-0.05, 0) is 37.1 Å². The fraction of sp³-hybridized carbons (Fsp3) is 0.381. The van der Waals surface area contributed by atoms with Gasteiger partial charge in [-0.15, -0.1) is 0 Å². The molecule has 0 aromatic heterocycles. The molecule has 0 radical (unpaired) electrons. The third kappa shape index (κ3) is 6.76. The number of sulfonamides is 1. The van der Waals surface area contributed by atoms with Gasteiger partial charge in [0.1, 0.15) is 4.90 Å². The number of nitrogens with two attached hydrogens (primary N) is 1. The summed E-state index contributed by atoms with van der Waals surface area (Å²) in [5.74, 6) is -0.576. The molecule has 7 nitrogen and oxygen atoms in total. The van der Waals surface area contributed by atoms with Crippen LogP contribution in [0.15, 0.2) is 47.4 Å². The lowest BCUT2D eigenvalue weighted by Gasteiger charge is -2.19. The van der Waals surface area contributed by atoms with Gasteiger partial charge in [0, 0.05) is 12.2 Å². The van der Waals surface area contributed by atoms with Crippen molar-refractivity contribution in [3.63, 3.8) is 0 Å². The molecule has 2 aromatic rings. The number of carbonyl (C=O) groups excluding carboxylic acids is 1. The number of primary sulfonamides is 1. The highest BCUT2D eigenvalue weighted by Gasteiger charge is 2.22. The predicted octanol–water partition coefficient (Wildman–Crippen LogP) is 4.25. The first-order chi connectivity index (χ1) is 13.9. The zero-order chi connectivity index (χ0) is 21.3. The summed E-state index contributed by atoms with van der Waals surface area (Å²) in [6.07, 6.45) is 3.48. The summed E-state index contributed by atoms with van der Waals surface area (Å²) in [5.41, 5.74) is 1.63. The van der Waals surface area contributed by atoms with E-state index in [1.165, 1.54) is 6.07 Å². The second-order valence-electron chi connectivity index (χ2n) is 6.70. The van der Waals surface area contributed by atoms with Crippen molar-refractivity contribution in [3.05, 3.63) is 48.0 Å². The largest absolute Gasteiger partial charge is 0.462 e. The van der Waals surface area contributed by atoms with Crippen LogP contribution in [0, 0.1) is 0 Å². The Labute approximate surface area is 172 Å². The Kier molecular flexibility index (Phi) is 8.48. The average Bonchev–Trinajstić information content (AvgIpc) is 2.69. The highest BCUT2D eigenvalue weighted by Crippen LogP contribution is 2.34. The van der Waals surface area contributed by atoms with Gasteiger partial charge in [-0.1, -0.05) is 44.9 Å². The van der Waals surface area contributed by atoms with Gasteiger partial charge < -0.3 is 15.4 Å². The van der Waals surface area contributed by atoms with E-state index in [1.54, 1.807) is 6.07 Å². The molecule has 0 bridgehead atoms.